The van der Waals surface area contributed by atoms with Gasteiger partial charge in [-0.05, 0) is 64.7 Å². The van der Waals surface area contributed by atoms with Crippen LogP contribution in [-0.2, 0) is 6.42 Å². The Hall–Kier alpha value is -4.96. The van der Waals surface area contributed by atoms with Gasteiger partial charge >= 0.3 is 0 Å². The second-order valence-electron chi connectivity index (χ2n) is 9.41. The summed E-state index contributed by atoms with van der Waals surface area (Å²) >= 11 is 0. The number of rotatable bonds is 0. The Bertz CT molecular complexity index is 2050. The molecule has 37 heavy (non-hydrogen) atoms. The number of aromatic amines is 2. The van der Waals surface area contributed by atoms with Gasteiger partial charge in [-0.25, -0.2) is 0 Å². The summed E-state index contributed by atoms with van der Waals surface area (Å²) in [4.78, 5) is 32.1. The van der Waals surface area contributed by atoms with E-state index in [0.29, 0.717) is 32.6 Å². The topological polar surface area (TPSA) is 65.7 Å². The molecule has 0 atom stereocenters. The van der Waals surface area contributed by atoms with Crippen molar-refractivity contribution in [2.75, 3.05) is 0 Å². The van der Waals surface area contributed by atoms with Crippen LogP contribution in [0.5, 0.6) is 0 Å². The van der Waals surface area contributed by atoms with E-state index < -0.39 is 0 Å². The van der Waals surface area contributed by atoms with Crippen LogP contribution >= 0.6 is 0 Å². The third-order valence-corrected chi connectivity index (χ3v) is 7.19. The zero-order valence-corrected chi connectivity index (χ0v) is 19.9. The molecule has 1 aliphatic carbocycles. The first-order valence-electron chi connectivity index (χ1n) is 12.3. The van der Waals surface area contributed by atoms with Gasteiger partial charge in [0.15, 0.2) is 10.9 Å². The van der Waals surface area contributed by atoms with Crippen LogP contribution in [0.25, 0.3) is 60.5 Å². The predicted molar refractivity (Wildman–Crippen MR) is 154 cm³/mol. The molecule has 0 saturated heterocycles. The Morgan fingerprint density at radius 1 is 0.541 bits per heavy atom. The van der Waals surface area contributed by atoms with Crippen molar-refractivity contribution in [2.45, 2.75) is 6.42 Å². The molecule has 0 aliphatic heterocycles. The highest BCUT2D eigenvalue weighted by Crippen LogP contribution is 2.28. The van der Waals surface area contributed by atoms with Gasteiger partial charge in [0.1, 0.15) is 0 Å². The van der Waals surface area contributed by atoms with Crippen LogP contribution in [0.1, 0.15) is 11.1 Å². The first kappa shape index (κ1) is 21.3. The Kier molecular flexibility index (Phi) is 4.79. The molecule has 2 N–H and O–H groups in total. The molecular formula is C33H22N2O2. The maximum Gasteiger partial charge on any atom is 0.197 e. The monoisotopic (exact) mass is 478 g/mol. The minimum atomic E-state index is -0.0322. The van der Waals surface area contributed by atoms with Gasteiger partial charge in [-0.1, -0.05) is 72.8 Å². The van der Waals surface area contributed by atoms with Crippen LogP contribution in [0.3, 0.4) is 0 Å². The van der Waals surface area contributed by atoms with Gasteiger partial charge in [0.2, 0.25) is 0 Å². The molecule has 4 heteroatoms. The van der Waals surface area contributed by atoms with Crippen molar-refractivity contribution in [3.05, 3.63) is 135 Å². The zero-order valence-electron chi connectivity index (χ0n) is 19.9. The fourth-order valence-electron chi connectivity index (χ4n) is 5.41. The van der Waals surface area contributed by atoms with E-state index in [1.807, 2.05) is 36.4 Å². The Balaban J connectivity index is 0.000000149. The number of allylic oxidation sites excluding steroid dienone is 1. The van der Waals surface area contributed by atoms with E-state index in [9.17, 15) is 9.59 Å². The summed E-state index contributed by atoms with van der Waals surface area (Å²) < 4.78 is 0. The second kappa shape index (κ2) is 8.32. The highest BCUT2D eigenvalue weighted by Gasteiger charge is 2.10. The molecule has 0 saturated carbocycles. The summed E-state index contributed by atoms with van der Waals surface area (Å²) in [6.07, 6.45) is 5.53. The Morgan fingerprint density at radius 2 is 1.11 bits per heavy atom. The van der Waals surface area contributed by atoms with E-state index in [-0.39, 0.29) is 10.9 Å². The maximum atomic E-state index is 12.8. The lowest BCUT2D eigenvalue weighted by atomic mass is 9.93. The lowest BCUT2D eigenvalue weighted by Gasteiger charge is -2.11. The SMILES string of the molecule is C1=Cc2cccc3cccc(c23)C1.O=c1c2ccccc2[nH]c2cc3c(=O)c4ccccc4[nH]c3cc12. The van der Waals surface area contributed by atoms with E-state index in [1.165, 1.54) is 21.9 Å². The molecule has 8 rings (SSSR count). The maximum absolute atomic E-state index is 12.8. The van der Waals surface area contributed by atoms with Gasteiger partial charge in [0, 0.05) is 32.6 Å². The first-order chi connectivity index (χ1) is 18.2. The number of fused-ring (bicyclic) bond motifs is 4. The standard InChI is InChI=1S/C20H12N2O2.C13H10/c23-19-11-5-1-3-7-15(11)21-17-10-14-18(9-13(17)19)22-16-8-4-2-6-12(16)20(14)24;1-4-10-6-2-8-12-9-3-7-11(5-1)13(10)12/h1-10H,(H,21,23)(H,22,24);1-8H,9H2. The number of pyridine rings is 2. The molecule has 176 valence electrons. The van der Waals surface area contributed by atoms with E-state index in [4.69, 9.17) is 0 Å². The molecule has 5 aromatic carbocycles. The second-order valence-corrected chi connectivity index (χ2v) is 9.41. The molecule has 2 aromatic heterocycles. The van der Waals surface area contributed by atoms with Gasteiger partial charge in [-0.2, -0.15) is 0 Å². The van der Waals surface area contributed by atoms with Gasteiger partial charge in [-0.15, -0.1) is 0 Å². The highest BCUT2D eigenvalue weighted by molar-refractivity contribution is 6.02. The summed E-state index contributed by atoms with van der Waals surface area (Å²) in [5.74, 6) is 0. The Labute approximate surface area is 211 Å². The molecule has 7 aromatic rings. The fourth-order valence-corrected chi connectivity index (χ4v) is 5.41. The number of para-hydroxylation sites is 2. The van der Waals surface area contributed by atoms with Crippen LogP contribution < -0.4 is 10.9 Å². The van der Waals surface area contributed by atoms with Crippen LogP contribution in [-0.4, -0.2) is 9.97 Å². The average Bonchev–Trinajstić information content (AvgIpc) is 2.94. The third-order valence-electron chi connectivity index (χ3n) is 7.19. The number of aromatic nitrogens is 2. The molecule has 0 bridgehead atoms. The molecule has 1 aliphatic rings. The smallest absolute Gasteiger partial charge is 0.197 e. The van der Waals surface area contributed by atoms with E-state index in [1.54, 1.807) is 24.3 Å². The fraction of sp³-hybridized carbons (Fsp3) is 0.0303. The minimum absolute atomic E-state index is 0.0322. The predicted octanol–water partition coefficient (Wildman–Crippen LogP) is 7.09. The molecule has 4 nitrogen and oxygen atoms in total. The van der Waals surface area contributed by atoms with Crippen LogP contribution in [0, 0.1) is 0 Å². The summed E-state index contributed by atoms with van der Waals surface area (Å²) in [6.45, 7) is 0. The zero-order chi connectivity index (χ0) is 24.9. The number of hydrogen-bond donors (Lipinski definition) is 2. The molecular weight excluding hydrogens is 456 g/mol. The number of hydrogen-bond acceptors (Lipinski definition) is 2. The van der Waals surface area contributed by atoms with Gasteiger partial charge in [0.25, 0.3) is 0 Å². The molecule has 2 heterocycles. The summed E-state index contributed by atoms with van der Waals surface area (Å²) in [5, 5.41) is 5.24. The van der Waals surface area contributed by atoms with Crippen molar-refractivity contribution in [2.24, 2.45) is 0 Å². The van der Waals surface area contributed by atoms with Crippen LogP contribution in [0.15, 0.2) is 113 Å². The molecule has 0 spiro atoms. The van der Waals surface area contributed by atoms with E-state index >= 15 is 0 Å². The minimum Gasteiger partial charge on any atom is -0.354 e. The largest absolute Gasteiger partial charge is 0.354 e. The highest BCUT2D eigenvalue weighted by atomic mass is 16.1. The van der Waals surface area contributed by atoms with Crippen molar-refractivity contribution in [3.63, 3.8) is 0 Å². The number of H-pyrrole nitrogens is 2. The number of nitrogens with one attached hydrogen (secondary N) is 2. The van der Waals surface area contributed by atoms with Crippen LogP contribution in [0.2, 0.25) is 0 Å². The first-order valence-corrected chi connectivity index (χ1v) is 12.3. The summed E-state index contributed by atoms with van der Waals surface area (Å²) in [5.41, 5.74) is 5.64. The number of benzene rings is 5. The lowest BCUT2D eigenvalue weighted by molar-refractivity contribution is 1.29. The quantitative estimate of drug-likeness (QED) is 0.229. The third kappa shape index (κ3) is 3.46. The lowest BCUT2D eigenvalue weighted by Crippen LogP contribution is -2.08. The van der Waals surface area contributed by atoms with Crippen molar-refractivity contribution < 1.29 is 0 Å². The molecule has 0 radical (unpaired) electrons. The van der Waals surface area contributed by atoms with Crippen molar-refractivity contribution in [1.29, 1.82) is 0 Å². The van der Waals surface area contributed by atoms with Gasteiger partial charge < -0.3 is 9.97 Å². The van der Waals surface area contributed by atoms with Crippen molar-refractivity contribution in [1.82, 2.24) is 9.97 Å². The van der Waals surface area contributed by atoms with Gasteiger partial charge in [0.05, 0.1) is 11.0 Å². The summed E-state index contributed by atoms with van der Waals surface area (Å²) in [7, 11) is 0. The van der Waals surface area contributed by atoms with E-state index in [0.717, 1.165) is 17.5 Å². The van der Waals surface area contributed by atoms with Crippen LogP contribution in [0.4, 0.5) is 0 Å². The molecule has 0 unspecified atom stereocenters. The molecule has 0 amide bonds. The summed E-state index contributed by atoms with van der Waals surface area (Å²) in [6, 6.07) is 31.4. The average molecular weight is 479 g/mol. The van der Waals surface area contributed by atoms with E-state index in [2.05, 4.69) is 58.5 Å². The Morgan fingerprint density at radius 3 is 1.73 bits per heavy atom. The van der Waals surface area contributed by atoms with Crippen molar-refractivity contribution >= 4 is 60.5 Å². The van der Waals surface area contributed by atoms with Crippen molar-refractivity contribution in [3.8, 4) is 0 Å². The van der Waals surface area contributed by atoms with Gasteiger partial charge in [-0.3, -0.25) is 9.59 Å². The normalized spacial score (nSPS) is 12.3. The molecule has 0 fully saturated rings.